The average Bonchev–Trinajstić information content (AvgIpc) is 2.82. The highest BCUT2D eigenvalue weighted by Gasteiger charge is 2.27. The standard InChI is InChI=1S/C14H10FN3O/c15-14-11(7-4-8-16-14)12-9-13(19)18(17-12)10-5-2-1-3-6-10/h1-8H,9H2. The van der Waals surface area contributed by atoms with Gasteiger partial charge in [0.15, 0.2) is 0 Å². The van der Waals surface area contributed by atoms with Gasteiger partial charge in [0.25, 0.3) is 5.91 Å². The van der Waals surface area contributed by atoms with Crippen LogP contribution in [0.2, 0.25) is 0 Å². The Morgan fingerprint density at radius 1 is 1.11 bits per heavy atom. The molecule has 3 rings (SSSR count). The van der Waals surface area contributed by atoms with Crippen molar-refractivity contribution in [1.82, 2.24) is 4.98 Å². The van der Waals surface area contributed by atoms with E-state index in [0.29, 0.717) is 11.4 Å². The SMILES string of the molecule is O=C1CC(c2cccnc2F)=NN1c1ccccc1. The molecule has 0 saturated heterocycles. The van der Waals surface area contributed by atoms with Crippen LogP contribution in [-0.2, 0) is 4.79 Å². The summed E-state index contributed by atoms with van der Waals surface area (Å²) < 4.78 is 13.6. The number of nitrogens with zero attached hydrogens (tertiary/aromatic N) is 3. The first-order valence-corrected chi connectivity index (χ1v) is 5.82. The normalized spacial score (nSPS) is 14.7. The summed E-state index contributed by atoms with van der Waals surface area (Å²) in [4.78, 5) is 15.5. The van der Waals surface area contributed by atoms with Gasteiger partial charge in [-0.3, -0.25) is 4.79 Å². The highest BCUT2D eigenvalue weighted by Crippen LogP contribution is 2.22. The van der Waals surface area contributed by atoms with E-state index in [2.05, 4.69) is 10.1 Å². The van der Waals surface area contributed by atoms with Gasteiger partial charge in [-0.2, -0.15) is 9.49 Å². The fourth-order valence-corrected chi connectivity index (χ4v) is 1.95. The van der Waals surface area contributed by atoms with Crippen LogP contribution in [0.15, 0.2) is 53.8 Å². The molecule has 0 bridgehead atoms. The molecule has 5 heteroatoms. The van der Waals surface area contributed by atoms with E-state index in [-0.39, 0.29) is 17.9 Å². The largest absolute Gasteiger partial charge is 0.272 e. The first-order valence-electron chi connectivity index (χ1n) is 5.82. The number of amides is 1. The van der Waals surface area contributed by atoms with Crippen LogP contribution in [0.4, 0.5) is 10.1 Å². The molecule has 1 aliphatic rings. The van der Waals surface area contributed by atoms with Gasteiger partial charge < -0.3 is 0 Å². The van der Waals surface area contributed by atoms with Crippen LogP contribution in [0, 0.1) is 5.95 Å². The Morgan fingerprint density at radius 2 is 1.89 bits per heavy atom. The van der Waals surface area contributed by atoms with Crippen LogP contribution >= 0.6 is 0 Å². The molecule has 1 amide bonds. The first kappa shape index (κ1) is 11.5. The molecule has 1 aliphatic heterocycles. The first-order chi connectivity index (χ1) is 9.25. The molecule has 0 radical (unpaired) electrons. The van der Waals surface area contributed by atoms with Crippen LogP contribution in [0.3, 0.4) is 0 Å². The summed E-state index contributed by atoms with van der Waals surface area (Å²) in [5, 5.41) is 5.48. The molecule has 0 spiro atoms. The van der Waals surface area contributed by atoms with Crippen LogP contribution in [0.5, 0.6) is 0 Å². The van der Waals surface area contributed by atoms with Crippen molar-refractivity contribution in [2.75, 3.05) is 5.01 Å². The topological polar surface area (TPSA) is 45.6 Å². The second-order valence-electron chi connectivity index (χ2n) is 4.11. The van der Waals surface area contributed by atoms with Gasteiger partial charge in [0.05, 0.1) is 23.4 Å². The molecular weight excluding hydrogens is 245 g/mol. The smallest absolute Gasteiger partial charge is 0.253 e. The molecule has 0 N–H and O–H groups in total. The minimum Gasteiger partial charge on any atom is -0.272 e. The van der Waals surface area contributed by atoms with Crippen molar-refractivity contribution in [2.24, 2.45) is 5.10 Å². The lowest BCUT2D eigenvalue weighted by atomic mass is 10.1. The van der Waals surface area contributed by atoms with Crippen LogP contribution in [-0.4, -0.2) is 16.6 Å². The fraction of sp³-hybridized carbons (Fsp3) is 0.0714. The minimum absolute atomic E-state index is 0.0809. The highest BCUT2D eigenvalue weighted by atomic mass is 19.1. The number of halogens is 1. The molecule has 0 aliphatic carbocycles. The number of hydrazone groups is 1. The Balaban J connectivity index is 1.99. The summed E-state index contributed by atoms with van der Waals surface area (Å²) in [6.07, 6.45) is 1.45. The van der Waals surface area contributed by atoms with E-state index < -0.39 is 5.95 Å². The van der Waals surface area contributed by atoms with Gasteiger partial charge in [0.2, 0.25) is 5.95 Å². The van der Waals surface area contributed by atoms with E-state index in [1.807, 2.05) is 18.2 Å². The highest BCUT2D eigenvalue weighted by molar-refractivity contribution is 6.19. The summed E-state index contributed by atoms with van der Waals surface area (Å²) in [6.45, 7) is 0. The predicted molar refractivity (Wildman–Crippen MR) is 69.3 cm³/mol. The number of hydrogen-bond donors (Lipinski definition) is 0. The molecule has 0 fully saturated rings. The van der Waals surface area contributed by atoms with Gasteiger partial charge in [-0.05, 0) is 24.3 Å². The van der Waals surface area contributed by atoms with Crippen molar-refractivity contribution in [1.29, 1.82) is 0 Å². The second-order valence-corrected chi connectivity index (χ2v) is 4.11. The number of anilines is 1. The predicted octanol–water partition coefficient (Wildman–Crippen LogP) is 2.36. The van der Waals surface area contributed by atoms with Gasteiger partial charge in [-0.1, -0.05) is 18.2 Å². The lowest BCUT2D eigenvalue weighted by Crippen LogP contribution is -2.19. The number of benzene rings is 1. The third kappa shape index (κ3) is 2.10. The molecule has 2 heterocycles. The van der Waals surface area contributed by atoms with Crippen molar-refractivity contribution in [3.05, 3.63) is 60.2 Å². The van der Waals surface area contributed by atoms with Crippen molar-refractivity contribution in [3.8, 4) is 0 Å². The number of pyridine rings is 1. The van der Waals surface area contributed by atoms with Crippen LogP contribution < -0.4 is 5.01 Å². The average molecular weight is 255 g/mol. The number of aromatic nitrogens is 1. The summed E-state index contributed by atoms with van der Waals surface area (Å²) in [5.41, 5.74) is 1.35. The number of carbonyl (C=O) groups is 1. The van der Waals surface area contributed by atoms with E-state index in [4.69, 9.17) is 0 Å². The van der Waals surface area contributed by atoms with E-state index in [9.17, 15) is 9.18 Å². The minimum atomic E-state index is -0.607. The summed E-state index contributed by atoms with van der Waals surface area (Å²) in [7, 11) is 0. The zero-order chi connectivity index (χ0) is 13.2. The Labute approximate surface area is 109 Å². The monoisotopic (exact) mass is 255 g/mol. The number of carbonyl (C=O) groups excluding carboxylic acids is 1. The van der Waals surface area contributed by atoms with Crippen LogP contribution in [0.1, 0.15) is 12.0 Å². The molecule has 94 valence electrons. The molecule has 0 saturated carbocycles. The van der Waals surface area contributed by atoms with Gasteiger partial charge >= 0.3 is 0 Å². The zero-order valence-corrected chi connectivity index (χ0v) is 9.95. The van der Waals surface area contributed by atoms with Gasteiger partial charge in [-0.15, -0.1) is 0 Å². The third-order valence-corrected chi connectivity index (χ3v) is 2.85. The van der Waals surface area contributed by atoms with Crippen LogP contribution in [0.25, 0.3) is 0 Å². The molecule has 2 aromatic rings. The number of para-hydroxylation sites is 1. The fourth-order valence-electron chi connectivity index (χ4n) is 1.95. The lowest BCUT2D eigenvalue weighted by Gasteiger charge is -2.10. The molecule has 4 nitrogen and oxygen atoms in total. The molecule has 1 aromatic carbocycles. The van der Waals surface area contributed by atoms with Gasteiger partial charge in [0, 0.05) is 6.20 Å². The van der Waals surface area contributed by atoms with Gasteiger partial charge in [0.1, 0.15) is 0 Å². The molecule has 1 aromatic heterocycles. The van der Waals surface area contributed by atoms with Gasteiger partial charge in [-0.25, -0.2) is 9.99 Å². The Kier molecular flexibility index (Phi) is 2.79. The Morgan fingerprint density at radius 3 is 2.63 bits per heavy atom. The maximum Gasteiger partial charge on any atom is 0.253 e. The lowest BCUT2D eigenvalue weighted by molar-refractivity contribution is -0.116. The maximum atomic E-state index is 13.6. The molecular formula is C14H10FN3O. The number of hydrogen-bond acceptors (Lipinski definition) is 3. The quantitative estimate of drug-likeness (QED) is 0.773. The van der Waals surface area contributed by atoms with E-state index >= 15 is 0 Å². The summed E-state index contributed by atoms with van der Waals surface area (Å²) >= 11 is 0. The van der Waals surface area contributed by atoms with E-state index in [0.717, 1.165) is 0 Å². The van der Waals surface area contributed by atoms with Crippen molar-refractivity contribution in [3.63, 3.8) is 0 Å². The number of rotatable bonds is 2. The second kappa shape index (κ2) is 4.61. The zero-order valence-electron chi connectivity index (χ0n) is 9.95. The molecule has 0 unspecified atom stereocenters. The molecule has 19 heavy (non-hydrogen) atoms. The third-order valence-electron chi connectivity index (χ3n) is 2.85. The van der Waals surface area contributed by atoms with Crippen molar-refractivity contribution < 1.29 is 9.18 Å². The summed E-state index contributed by atoms with van der Waals surface area (Å²) in [6, 6.07) is 12.3. The van der Waals surface area contributed by atoms with Crippen molar-refractivity contribution in [2.45, 2.75) is 6.42 Å². The maximum absolute atomic E-state index is 13.6. The summed E-state index contributed by atoms with van der Waals surface area (Å²) in [5.74, 6) is -0.784. The van der Waals surface area contributed by atoms with Crippen molar-refractivity contribution >= 4 is 17.3 Å². The van der Waals surface area contributed by atoms with E-state index in [1.54, 1.807) is 24.3 Å². The Hall–Kier alpha value is -2.56. The van der Waals surface area contributed by atoms with E-state index in [1.165, 1.54) is 11.2 Å². The molecule has 0 atom stereocenters. The Bertz CT molecular complexity index is 655.